The molecule has 0 radical (unpaired) electrons. The van der Waals surface area contributed by atoms with E-state index in [2.05, 4.69) is 25.7 Å². The third kappa shape index (κ3) is 3.77. The molecule has 0 spiro atoms. The van der Waals surface area contributed by atoms with Gasteiger partial charge in [0.2, 0.25) is 0 Å². The van der Waals surface area contributed by atoms with Crippen LogP contribution in [0.25, 0.3) is 0 Å². The average molecular weight is 321 g/mol. The minimum atomic E-state index is -0.784. The van der Waals surface area contributed by atoms with Gasteiger partial charge >= 0.3 is 0 Å². The van der Waals surface area contributed by atoms with E-state index in [4.69, 9.17) is 4.74 Å². The maximum absolute atomic E-state index is 10.3. The average Bonchev–Trinajstić information content (AvgIpc) is 2.91. The molecule has 132 valence electrons. The molecule has 0 aromatic carbocycles. The predicted molar refractivity (Wildman–Crippen MR) is 96.1 cm³/mol. The summed E-state index contributed by atoms with van der Waals surface area (Å²) in [4.78, 5) is 0. The largest absolute Gasteiger partial charge is 0.381 e. The van der Waals surface area contributed by atoms with Gasteiger partial charge < -0.3 is 9.84 Å². The van der Waals surface area contributed by atoms with Gasteiger partial charge in [-0.2, -0.15) is 0 Å². The molecule has 2 aliphatic carbocycles. The molecule has 2 saturated carbocycles. The van der Waals surface area contributed by atoms with Gasteiger partial charge in [-0.05, 0) is 61.7 Å². The minimum Gasteiger partial charge on any atom is -0.381 e. The van der Waals surface area contributed by atoms with E-state index < -0.39 is 5.60 Å². The van der Waals surface area contributed by atoms with Crippen LogP contribution in [0.3, 0.4) is 0 Å². The van der Waals surface area contributed by atoms with E-state index in [0.717, 1.165) is 18.3 Å². The van der Waals surface area contributed by atoms with Gasteiger partial charge in [0.05, 0.1) is 6.10 Å². The highest BCUT2D eigenvalue weighted by molar-refractivity contribution is 5.14. The number of hydrogen-bond acceptors (Lipinski definition) is 2. The molecule has 2 rings (SSSR count). The van der Waals surface area contributed by atoms with Crippen molar-refractivity contribution in [2.75, 3.05) is 7.11 Å². The standard InChI is InChI=1S/C21H36O2/c1-6-21(22,7-2)15-8-10-16(3)17-12-13-18-19(23-5)11-9-14-20(17,18)4/h16-19,22H,6-7,9-14H2,1-5H3/t16?,17?,18?,19?,20-/m1/s1. The SMILES string of the molecule is CCC(O)(C#CCC(C)C1CCC2C(OC)CCC[C@]12C)CC. The minimum absolute atomic E-state index is 0.422. The maximum atomic E-state index is 10.3. The Kier molecular flexibility index (Phi) is 6.20. The normalized spacial score (nSPS) is 35.3. The van der Waals surface area contributed by atoms with Crippen molar-refractivity contribution < 1.29 is 9.84 Å². The Morgan fingerprint density at radius 3 is 2.57 bits per heavy atom. The summed E-state index contributed by atoms with van der Waals surface area (Å²) in [5.74, 6) is 8.52. The van der Waals surface area contributed by atoms with Crippen molar-refractivity contribution in [1.82, 2.24) is 0 Å². The van der Waals surface area contributed by atoms with Crippen LogP contribution < -0.4 is 0 Å². The highest BCUT2D eigenvalue weighted by Crippen LogP contribution is 2.58. The van der Waals surface area contributed by atoms with E-state index in [1.807, 2.05) is 21.0 Å². The summed E-state index contributed by atoms with van der Waals surface area (Å²) in [7, 11) is 1.88. The second-order valence-corrected chi connectivity index (χ2v) is 8.18. The van der Waals surface area contributed by atoms with Crippen molar-refractivity contribution in [3.63, 3.8) is 0 Å². The Balaban J connectivity index is 2.03. The predicted octanol–water partition coefficient (Wildman–Crippen LogP) is 4.80. The van der Waals surface area contributed by atoms with Crippen LogP contribution in [0.4, 0.5) is 0 Å². The molecule has 0 heterocycles. The monoisotopic (exact) mass is 320 g/mol. The topological polar surface area (TPSA) is 29.5 Å². The maximum Gasteiger partial charge on any atom is 0.125 e. The van der Waals surface area contributed by atoms with Gasteiger partial charge in [0.25, 0.3) is 0 Å². The molecule has 0 amide bonds. The smallest absolute Gasteiger partial charge is 0.125 e. The van der Waals surface area contributed by atoms with E-state index >= 15 is 0 Å². The highest BCUT2D eigenvalue weighted by Gasteiger charge is 2.52. The summed E-state index contributed by atoms with van der Waals surface area (Å²) < 4.78 is 5.79. The zero-order valence-electron chi connectivity index (χ0n) is 15.8. The van der Waals surface area contributed by atoms with E-state index in [0.29, 0.717) is 30.3 Å². The van der Waals surface area contributed by atoms with Crippen LogP contribution in [0.1, 0.15) is 79.1 Å². The fourth-order valence-corrected chi connectivity index (χ4v) is 5.32. The fraction of sp³-hybridized carbons (Fsp3) is 0.905. The van der Waals surface area contributed by atoms with Crippen molar-refractivity contribution in [3.8, 4) is 11.8 Å². The summed E-state index contributed by atoms with van der Waals surface area (Å²) in [5, 5.41) is 10.3. The quantitative estimate of drug-likeness (QED) is 0.737. The molecule has 0 aliphatic heterocycles. The molecule has 2 aliphatic rings. The lowest BCUT2D eigenvalue weighted by atomic mass is 9.61. The molecule has 1 N–H and O–H groups in total. The first-order valence-corrected chi connectivity index (χ1v) is 9.65. The van der Waals surface area contributed by atoms with E-state index in [-0.39, 0.29) is 0 Å². The van der Waals surface area contributed by atoms with Crippen LogP contribution in [-0.2, 0) is 4.74 Å². The van der Waals surface area contributed by atoms with Crippen molar-refractivity contribution in [3.05, 3.63) is 0 Å². The second kappa shape index (κ2) is 7.58. The Hall–Kier alpha value is -0.520. The van der Waals surface area contributed by atoms with Crippen molar-refractivity contribution in [1.29, 1.82) is 0 Å². The number of hydrogen-bond donors (Lipinski definition) is 1. The van der Waals surface area contributed by atoms with Gasteiger partial charge in [-0.15, -0.1) is 0 Å². The van der Waals surface area contributed by atoms with Crippen LogP contribution in [0.5, 0.6) is 0 Å². The van der Waals surface area contributed by atoms with E-state index in [9.17, 15) is 5.11 Å². The number of aliphatic hydroxyl groups is 1. The number of ether oxygens (including phenoxy) is 1. The van der Waals surface area contributed by atoms with Crippen LogP contribution in [0.2, 0.25) is 0 Å². The molecule has 0 bridgehead atoms. The zero-order valence-corrected chi connectivity index (χ0v) is 15.8. The third-order valence-electron chi connectivity index (χ3n) is 7.04. The molecule has 0 aromatic heterocycles. The van der Waals surface area contributed by atoms with Crippen LogP contribution in [-0.4, -0.2) is 23.9 Å². The molecule has 5 atom stereocenters. The summed E-state index contributed by atoms with van der Waals surface area (Å²) in [6, 6.07) is 0. The lowest BCUT2D eigenvalue weighted by Gasteiger charge is -2.46. The van der Waals surface area contributed by atoms with Gasteiger partial charge in [0.15, 0.2) is 0 Å². The molecule has 0 aromatic rings. The van der Waals surface area contributed by atoms with Crippen LogP contribution in [0.15, 0.2) is 0 Å². The first-order chi connectivity index (χ1) is 10.9. The molecular formula is C21H36O2. The molecule has 2 fully saturated rings. The fourth-order valence-electron chi connectivity index (χ4n) is 5.32. The number of methoxy groups -OCH3 is 1. The number of fused-ring (bicyclic) bond motifs is 1. The summed E-state index contributed by atoms with van der Waals surface area (Å²) in [6.07, 6.45) is 9.29. The van der Waals surface area contributed by atoms with Gasteiger partial charge in [0, 0.05) is 13.5 Å². The summed E-state index contributed by atoms with van der Waals surface area (Å²) in [5.41, 5.74) is -0.361. The third-order valence-corrected chi connectivity index (χ3v) is 7.04. The summed E-state index contributed by atoms with van der Waals surface area (Å²) >= 11 is 0. The molecule has 2 heteroatoms. The Morgan fingerprint density at radius 1 is 1.26 bits per heavy atom. The Morgan fingerprint density at radius 2 is 1.96 bits per heavy atom. The Bertz CT molecular complexity index is 442. The van der Waals surface area contributed by atoms with Crippen molar-refractivity contribution in [2.24, 2.45) is 23.2 Å². The number of rotatable bonds is 5. The molecule has 0 saturated heterocycles. The first kappa shape index (κ1) is 18.8. The summed E-state index contributed by atoms with van der Waals surface area (Å²) in [6.45, 7) is 8.88. The van der Waals surface area contributed by atoms with Gasteiger partial charge in [-0.1, -0.05) is 46.0 Å². The molecule has 23 heavy (non-hydrogen) atoms. The first-order valence-electron chi connectivity index (χ1n) is 9.65. The highest BCUT2D eigenvalue weighted by atomic mass is 16.5. The zero-order chi connectivity index (χ0) is 17.1. The Labute approximate surface area is 143 Å². The molecular weight excluding hydrogens is 284 g/mol. The van der Waals surface area contributed by atoms with Crippen molar-refractivity contribution >= 4 is 0 Å². The van der Waals surface area contributed by atoms with Crippen LogP contribution in [0, 0.1) is 35.0 Å². The van der Waals surface area contributed by atoms with E-state index in [1.54, 1.807) is 0 Å². The van der Waals surface area contributed by atoms with Gasteiger partial charge in [-0.3, -0.25) is 0 Å². The van der Waals surface area contributed by atoms with Gasteiger partial charge in [-0.25, -0.2) is 0 Å². The van der Waals surface area contributed by atoms with Crippen LogP contribution >= 0.6 is 0 Å². The van der Waals surface area contributed by atoms with Gasteiger partial charge in [0.1, 0.15) is 5.60 Å². The van der Waals surface area contributed by atoms with E-state index in [1.165, 1.54) is 32.1 Å². The lowest BCUT2D eigenvalue weighted by molar-refractivity contribution is -0.0493. The second-order valence-electron chi connectivity index (χ2n) is 8.18. The van der Waals surface area contributed by atoms with Crippen molar-refractivity contribution in [2.45, 2.75) is 90.8 Å². The molecule has 4 unspecified atom stereocenters. The lowest BCUT2D eigenvalue weighted by Crippen LogP contribution is -2.42. The molecule has 2 nitrogen and oxygen atoms in total.